The molecule has 5 rings (SSSR count). The lowest BCUT2D eigenvalue weighted by atomic mass is 10.0. The Kier molecular flexibility index (Phi) is 9.87. The zero-order valence-electron chi connectivity index (χ0n) is 22.5. The fraction of sp³-hybridized carbons (Fsp3) is 0.250. The number of benzene rings is 3. The van der Waals surface area contributed by atoms with E-state index in [0.717, 1.165) is 32.5 Å². The molecule has 3 N–H and O–H groups in total. The van der Waals surface area contributed by atoms with E-state index in [9.17, 15) is 15.1 Å². The number of carbonyl (C=O) groups excluding carboxylic acids is 1. The maximum absolute atomic E-state index is 12.2. The number of hydrogen-bond donors (Lipinski definition) is 3. The summed E-state index contributed by atoms with van der Waals surface area (Å²) < 4.78 is 13.6. The van der Waals surface area contributed by atoms with Crippen molar-refractivity contribution in [2.45, 2.75) is 49.6 Å². The van der Waals surface area contributed by atoms with Gasteiger partial charge in [0.25, 0.3) is 5.03 Å². The third-order valence-corrected chi connectivity index (χ3v) is 7.97. The molecule has 2 heterocycles. The molecule has 8 nitrogen and oxygen atoms in total. The van der Waals surface area contributed by atoms with Crippen LogP contribution in [-0.2, 0) is 29.2 Å². The maximum Gasteiger partial charge on any atom is 0.315 e. The number of nitrogens with one attached hydrogen (secondary N) is 2. The number of carbonyl (C=O) groups is 1. The summed E-state index contributed by atoms with van der Waals surface area (Å²) in [6.45, 7) is 0.835. The molecule has 0 unspecified atom stereocenters. The molecule has 3 atom stereocenters. The van der Waals surface area contributed by atoms with Crippen LogP contribution in [0.3, 0.4) is 0 Å². The molecule has 9 heteroatoms. The van der Waals surface area contributed by atoms with Gasteiger partial charge in [-0.05, 0) is 28.3 Å². The first-order chi connectivity index (χ1) is 20.1. The van der Waals surface area contributed by atoms with Crippen LogP contribution in [0.15, 0.2) is 108 Å². The zero-order valence-corrected chi connectivity index (χ0v) is 23.3. The number of amides is 2. The molecule has 1 aliphatic heterocycles. The molecule has 0 aliphatic carbocycles. The van der Waals surface area contributed by atoms with Gasteiger partial charge in [-0.1, -0.05) is 90.6 Å². The average molecular weight is 572 g/mol. The van der Waals surface area contributed by atoms with Gasteiger partial charge in [-0.15, -0.1) is 0 Å². The Bertz CT molecular complexity index is 1400. The molecule has 1 aliphatic rings. The number of nitrogens with zero attached hydrogens (tertiary/aromatic N) is 1. The first-order valence-corrected chi connectivity index (χ1v) is 14.5. The van der Waals surface area contributed by atoms with E-state index in [4.69, 9.17) is 9.47 Å². The molecule has 1 saturated heterocycles. The molecule has 1 aromatic heterocycles. The summed E-state index contributed by atoms with van der Waals surface area (Å²) in [7, 11) is 0. The number of aromatic nitrogens is 1. The van der Waals surface area contributed by atoms with Gasteiger partial charge in [-0.2, -0.15) is 4.73 Å². The molecule has 41 heavy (non-hydrogen) atoms. The van der Waals surface area contributed by atoms with Crippen LogP contribution in [0, 0.1) is 5.21 Å². The highest BCUT2D eigenvalue weighted by atomic mass is 32.2. The number of rotatable bonds is 10. The molecular weight excluding hydrogens is 538 g/mol. The van der Waals surface area contributed by atoms with Gasteiger partial charge in [0.2, 0.25) is 0 Å². The van der Waals surface area contributed by atoms with Crippen molar-refractivity contribution in [3.8, 4) is 0 Å². The highest BCUT2D eigenvalue weighted by molar-refractivity contribution is 7.99. The Balaban J connectivity index is 1.22. The van der Waals surface area contributed by atoms with Gasteiger partial charge in [-0.25, -0.2) is 4.79 Å². The van der Waals surface area contributed by atoms with Gasteiger partial charge in [0.05, 0.1) is 18.8 Å². The number of pyridine rings is 1. The third-order valence-electron chi connectivity index (χ3n) is 6.82. The summed E-state index contributed by atoms with van der Waals surface area (Å²) in [5, 5.41) is 27.9. The summed E-state index contributed by atoms with van der Waals surface area (Å²) in [4.78, 5) is 12.2. The molecule has 212 valence electrons. The van der Waals surface area contributed by atoms with Gasteiger partial charge in [0.15, 0.2) is 12.5 Å². The minimum atomic E-state index is -0.594. The Hall–Kier alpha value is -3.89. The minimum absolute atomic E-state index is 0.0149. The van der Waals surface area contributed by atoms with Gasteiger partial charge in [0, 0.05) is 43.0 Å². The van der Waals surface area contributed by atoms with E-state index in [-0.39, 0.29) is 24.8 Å². The lowest BCUT2D eigenvalue weighted by Gasteiger charge is -2.36. The van der Waals surface area contributed by atoms with E-state index >= 15 is 0 Å². The van der Waals surface area contributed by atoms with Gasteiger partial charge >= 0.3 is 6.03 Å². The fourth-order valence-electron chi connectivity index (χ4n) is 4.54. The quantitative estimate of drug-likeness (QED) is 0.138. The van der Waals surface area contributed by atoms with Crippen LogP contribution in [0.25, 0.3) is 0 Å². The molecule has 0 bridgehead atoms. The van der Waals surface area contributed by atoms with E-state index in [1.807, 2.05) is 84.9 Å². The van der Waals surface area contributed by atoms with Crippen LogP contribution in [0.4, 0.5) is 4.79 Å². The number of hydrogen-bond acceptors (Lipinski definition) is 6. The van der Waals surface area contributed by atoms with Crippen molar-refractivity contribution in [2.24, 2.45) is 0 Å². The van der Waals surface area contributed by atoms with Crippen molar-refractivity contribution < 1.29 is 24.1 Å². The highest BCUT2D eigenvalue weighted by Gasteiger charge is 2.32. The third kappa shape index (κ3) is 8.08. The van der Waals surface area contributed by atoms with Crippen LogP contribution in [0.2, 0.25) is 0 Å². The van der Waals surface area contributed by atoms with Crippen molar-refractivity contribution in [2.75, 3.05) is 5.75 Å². The number of aliphatic hydroxyl groups excluding tert-OH is 1. The van der Waals surface area contributed by atoms with E-state index < -0.39 is 6.29 Å². The number of urea groups is 1. The monoisotopic (exact) mass is 571 g/mol. The Morgan fingerprint density at radius 1 is 0.829 bits per heavy atom. The van der Waals surface area contributed by atoms with E-state index in [1.165, 1.54) is 18.0 Å². The normalized spacial score (nSPS) is 18.5. The topological polar surface area (TPSA) is 107 Å². The molecule has 0 saturated carbocycles. The van der Waals surface area contributed by atoms with Crippen LogP contribution >= 0.6 is 11.8 Å². The van der Waals surface area contributed by atoms with E-state index in [1.54, 1.807) is 12.1 Å². The number of aliphatic hydroxyl groups is 1. The summed E-state index contributed by atoms with van der Waals surface area (Å²) in [5.41, 5.74) is 4.70. The second-order valence-corrected chi connectivity index (χ2v) is 10.8. The molecule has 0 spiro atoms. The smallest absolute Gasteiger partial charge is 0.315 e. The Morgan fingerprint density at radius 2 is 1.46 bits per heavy atom. The summed E-state index contributed by atoms with van der Waals surface area (Å²) in [6, 6.07) is 30.4. The first kappa shape index (κ1) is 28.6. The second kappa shape index (κ2) is 14.1. The molecule has 0 radical (unpaired) electrons. The fourth-order valence-corrected chi connectivity index (χ4v) is 5.48. The van der Waals surface area contributed by atoms with Crippen LogP contribution in [-0.4, -0.2) is 23.0 Å². The minimum Gasteiger partial charge on any atom is -0.618 e. The predicted octanol–water partition coefficient (Wildman–Crippen LogP) is 5.15. The molecule has 1 fully saturated rings. The first-order valence-electron chi connectivity index (χ1n) is 13.5. The van der Waals surface area contributed by atoms with E-state index in [0.29, 0.717) is 30.3 Å². The van der Waals surface area contributed by atoms with Crippen LogP contribution < -0.4 is 15.4 Å². The lowest BCUT2D eigenvalue weighted by molar-refractivity contribution is -0.645. The standard InChI is InChI=1S/C32H33N3O5S/c36-21-25-11-13-26(14-12-25)29-18-28(22-41-30-8-4-5-17-35(30)38)39-31(40-29)27-15-9-24(10-16-27)20-34-32(37)33-19-23-6-2-1-3-7-23/h1-17,28-29,31,36H,18-22H2,(H2,33,34,37)/t28-,29+,31+/m0/s1. The second-order valence-electron chi connectivity index (χ2n) is 9.79. The maximum atomic E-state index is 12.2. The Labute approximate surface area is 243 Å². The summed E-state index contributed by atoms with van der Waals surface area (Å²) in [5.74, 6) is 0.595. The molecular formula is C32H33N3O5S. The molecule has 2 amide bonds. The molecule has 4 aromatic rings. The number of thioether (sulfide) groups is 1. The van der Waals surface area contributed by atoms with Crippen LogP contribution in [0.5, 0.6) is 0 Å². The predicted molar refractivity (Wildman–Crippen MR) is 157 cm³/mol. The van der Waals surface area contributed by atoms with Gasteiger partial charge in [0.1, 0.15) is 0 Å². The van der Waals surface area contributed by atoms with Gasteiger partial charge in [-0.3, -0.25) is 0 Å². The number of ether oxygens (including phenoxy) is 2. The van der Waals surface area contributed by atoms with Crippen molar-refractivity contribution >= 4 is 17.8 Å². The molecule has 3 aromatic carbocycles. The zero-order chi connectivity index (χ0) is 28.4. The largest absolute Gasteiger partial charge is 0.618 e. The van der Waals surface area contributed by atoms with Gasteiger partial charge < -0.3 is 30.4 Å². The summed E-state index contributed by atoms with van der Waals surface area (Å²) >= 11 is 1.46. The van der Waals surface area contributed by atoms with Crippen molar-refractivity contribution in [1.29, 1.82) is 0 Å². The summed E-state index contributed by atoms with van der Waals surface area (Å²) in [6.07, 6.45) is 1.16. The highest BCUT2D eigenvalue weighted by Crippen LogP contribution is 2.39. The van der Waals surface area contributed by atoms with Crippen molar-refractivity contribution in [1.82, 2.24) is 10.6 Å². The Morgan fingerprint density at radius 3 is 2.15 bits per heavy atom. The van der Waals surface area contributed by atoms with Crippen molar-refractivity contribution in [3.05, 3.63) is 136 Å². The van der Waals surface area contributed by atoms with E-state index in [2.05, 4.69) is 10.6 Å². The lowest BCUT2D eigenvalue weighted by Crippen LogP contribution is -2.34. The SMILES string of the molecule is O=C(NCc1ccccc1)NCc1ccc([C@@H]2O[C@H](CSc3cccc[n+]3[O-])C[C@H](c3ccc(CO)cc3)O2)cc1. The average Bonchev–Trinajstić information content (AvgIpc) is 3.03. The van der Waals surface area contributed by atoms with Crippen molar-refractivity contribution in [3.63, 3.8) is 0 Å². The van der Waals surface area contributed by atoms with Crippen LogP contribution in [0.1, 0.15) is 46.6 Å².